The van der Waals surface area contributed by atoms with Gasteiger partial charge in [0.05, 0.1) is 7.11 Å². The van der Waals surface area contributed by atoms with E-state index in [1.807, 2.05) is 23.9 Å². The molecule has 0 radical (unpaired) electrons. The van der Waals surface area contributed by atoms with Crippen molar-refractivity contribution in [2.24, 2.45) is 0 Å². The summed E-state index contributed by atoms with van der Waals surface area (Å²) in [5.74, 6) is 2.07. The number of benzene rings is 1. The van der Waals surface area contributed by atoms with Gasteiger partial charge in [-0.15, -0.1) is 24.2 Å². The predicted octanol–water partition coefficient (Wildman–Crippen LogP) is 3.55. The summed E-state index contributed by atoms with van der Waals surface area (Å²) >= 11 is 1.90. The normalized spacial score (nSPS) is 10.1. The van der Waals surface area contributed by atoms with Gasteiger partial charge in [-0.1, -0.05) is 13.8 Å². The highest BCUT2D eigenvalue weighted by molar-refractivity contribution is 7.99. The highest BCUT2D eigenvalue weighted by Gasteiger charge is 1.99. The van der Waals surface area contributed by atoms with E-state index in [9.17, 15) is 0 Å². The maximum absolute atomic E-state index is 5.13. The van der Waals surface area contributed by atoms with Gasteiger partial charge in [0.2, 0.25) is 0 Å². The quantitative estimate of drug-likeness (QED) is 0.706. The van der Waals surface area contributed by atoms with E-state index in [0.717, 1.165) is 31.1 Å². The number of halogens is 1. The third kappa shape index (κ3) is 6.20. The van der Waals surface area contributed by atoms with Gasteiger partial charge >= 0.3 is 0 Å². The molecule has 0 amide bonds. The molecule has 0 aliphatic carbocycles. The summed E-state index contributed by atoms with van der Waals surface area (Å²) in [4.78, 5) is 3.75. The van der Waals surface area contributed by atoms with Crippen LogP contribution in [0.3, 0.4) is 0 Å². The van der Waals surface area contributed by atoms with E-state index in [2.05, 4.69) is 30.9 Å². The van der Waals surface area contributed by atoms with Crippen LogP contribution in [0.25, 0.3) is 0 Å². The zero-order valence-electron chi connectivity index (χ0n) is 10.8. The van der Waals surface area contributed by atoms with Crippen molar-refractivity contribution in [1.82, 2.24) is 4.90 Å². The maximum Gasteiger partial charge on any atom is 0.118 e. The van der Waals surface area contributed by atoms with Crippen molar-refractivity contribution in [3.8, 4) is 5.75 Å². The largest absolute Gasteiger partial charge is 0.497 e. The van der Waals surface area contributed by atoms with Gasteiger partial charge in [-0.2, -0.15) is 0 Å². The first-order chi connectivity index (χ1) is 7.80. The number of ether oxygens (including phenoxy) is 1. The lowest BCUT2D eigenvalue weighted by atomic mass is 10.3. The molecule has 0 spiro atoms. The Balaban J connectivity index is 0.00000256. The van der Waals surface area contributed by atoms with Crippen molar-refractivity contribution in [3.63, 3.8) is 0 Å². The van der Waals surface area contributed by atoms with E-state index in [4.69, 9.17) is 4.74 Å². The van der Waals surface area contributed by atoms with Gasteiger partial charge in [-0.05, 0) is 37.4 Å². The van der Waals surface area contributed by atoms with E-state index in [-0.39, 0.29) is 12.4 Å². The van der Waals surface area contributed by atoms with Crippen LogP contribution in [-0.4, -0.2) is 37.4 Å². The minimum Gasteiger partial charge on any atom is -0.497 e. The average molecular weight is 276 g/mol. The third-order valence-corrected chi connectivity index (χ3v) is 3.62. The van der Waals surface area contributed by atoms with Crippen molar-refractivity contribution in [1.29, 1.82) is 0 Å². The van der Waals surface area contributed by atoms with E-state index >= 15 is 0 Å². The Morgan fingerprint density at radius 3 is 2.18 bits per heavy atom. The Bertz CT molecular complexity index is 288. The highest BCUT2D eigenvalue weighted by atomic mass is 35.5. The van der Waals surface area contributed by atoms with Gasteiger partial charge in [0.25, 0.3) is 0 Å². The summed E-state index contributed by atoms with van der Waals surface area (Å²) in [5.41, 5.74) is 0. The molecule has 2 nitrogen and oxygen atoms in total. The van der Waals surface area contributed by atoms with Crippen LogP contribution in [0.15, 0.2) is 29.2 Å². The lowest BCUT2D eigenvalue weighted by Crippen LogP contribution is -2.25. The molecule has 1 rings (SSSR count). The summed E-state index contributed by atoms with van der Waals surface area (Å²) in [5, 5.41) is 0. The van der Waals surface area contributed by atoms with E-state index in [1.54, 1.807) is 7.11 Å². The molecule has 0 saturated carbocycles. The Morgan fingerprint density at radius 2 is 1.71 bits per heavy atom. The van der Waals surface area contributed by atoms with Gasteiger partial charge in [-0.3, -0.25) is 0 Å². The first-order valence-corrected chi connectivity index (χ1v) is 6.78. The molecule has 17 heavy (non-hydrogen) atoms. The number of nitrogens with zero attached hydrogens (tertiary/aromatic N) is 1. The molecule has 1 aromatic carbocycles. The molecule has 4 heteroatoms. The van der Waals surface area contributed by atoms with Crippen molar-refractivity contribution in [3.05, 3.63) is 24.3 Å². The molecule has 0 N–H and O–H groups in total. The second-order valence-electron chi connectivity index (χ2n) is 3.55. The highest BCUT2D eigenvalue weighted by Crippen LogP contribution is 2.21. The molecule has 0 aliphatic rings. The smallest absolute Gasteiger partial charge is 0.118 e. The van der Waals surface area contributed by atoms with Crippen LogP contribution in [0, 0.1) is 0 Å². The van der Waals surface area contributed by atoms with E-state index < -0.39 is 0 Å². The Hall–Kier alpha value is -0.380. The van der Waals surface area contributed by atoms with Crippen LogP contribution in [0.4, 0.5) is 0 Å². The van der Waals surface area contributed by atoms with E-state index in [1.165, 1.54) is 4.90 Å². The first kappa shape index (κ1) is 16.6. The van der Waals surface area contributed by atoms with Crippen LogP contribution in [0.5, 0.6) is 5.75 Å². The molecule has 0 aliphatic heterocycles. The van der Waals surface area contributed by atoms with Gasteiger partial charge in [0.1, 0.15) is 5.75 Å². The third-order valence-electron chi connectivity index (χ3n) is 2.63. The maximum atomic E-state index is 5.13. The lowest BCUT2D eigenvalue weighted by Gasteiger charge is -2.17. The summed E-state index contributed by atoms with van der Waals surface area (Å²) in [6, 6.07) is 8.26. The zero-order valence-corrected chi connectivity index (χ0v) is 12.4. The fourth-order valence-corrected chi connectivity index (χ4v) is 2.42. The van der Waals surface area contributed by atoms with Crippen LogP contribution in [-0.2, 0) is 0 Å². The predicted molar refractivity (Wildman–Crippen MR) is 78.8 cm³/mol. The number of thioether (sulfide) groups is 1. The SMILES string of the molecule is CCN(CC)CCSc1ccc(OC)cc1.Cl. The van der Waals surface area contributed by atoms with Gasteiger partial charge < -0.3 is 9.64 Å². The molecular formula is C13H22ClNOS. The summed E-state index contributed by atoms with van der Waals surface area (Å²) in [6.07, 6.45) is 0. The zero-order chi connectivity index (χ0) is 11.8. The molecule has 0 saturated heterocycles. The molecule has 0 unspecified atom stereocenters. The molecular weight excluding hydrogens is 254 g/mol. The number of rotatable bonds is 7. The standard InChI is InChI=1S/C13H21NOS.ClH/c1-4-14(5-2)10-11-16-13-8-6-12(15-3)7-9-13;/h6-9H,4-5,10-11H2,1-3H3;1H. The molecule has 98 valence electrons. The molecule has 0 atom stereocenters. The average Bonchev–Trinajstić information content (AvgIpc) is 2.35. The van der Waals surface area contributed by atoms with Gasteiger partial charge in [0, 0.05) is 17.2 Å². The van der Waals surface area contributed by atoms with Crippen molar-refractivity contribution >= 4 is 24.2 Å². The molecule has 0 heterocycles. The van der Waals surface area contributed by atoms with Crippen LogP contribution < -0.4 is 4.74 Å². The number of hydrogen-bond donors (Lipinski definition) is 0. The Kier molecular flexibility index (Phi) is 9.41. The first-order valence-electron chi connectivity index (χ1n) is 5.79. The Morgan fingerprint density at radius 1 is 1.12 bits per heavy atom. The fraction of sp³-hybridized carbons (Fsp3) is 0.538. The molecule has 0 bridgehead atoms. The monoisotopic (exact) mass is 275 g/mol. The van der Waals surface area contributed by atoms with Crippen LogP contribution >= 0.6 is 24.2 Å². The van der Waals surface area contributed by atoms with E-state index in [0.29, 0.717) is 0 Å². The number of methoxy groups -OCH3 is 1. The van der Waals surface area contributed by atoms with Gasteiger partial charge in [0.15, 0.2) is 0 Å². The fourth-order valence-electron chi connectivity index (χ4n) is 1.50. The topological polar surface area (TPSA) is 12.5 Å². The molecule has 0 aromatic heterocycles. The van der Waals surface area contributed by atoms with Crippen molar-refractivity contribution < 1.29 is 4.74 Å². The summed E-state index contributed by atoms with van der Waals surface area (Å²) in [7, 11) is 1.70. The summed E-state index contributed by atoms with van der Waals surface area (Å²) < 4.78 is 5.13. The van der Waals surface area contributed by atoms with Gasteiger partial charge in [-0.25, -0.2) is 0 Å². The second-order valence-corrected chi connectivity index (χ2v) is 4.72. The number of hydrogen-bond acceptors (Lipinski definition) is 3. The van der Waals surface area contributed by atoms with Crippen molar-refractivity contribution in [2.75, 3.05) is 32.5 Å². The molecule has 0 fully saturated rings. The lowest BCUT2D eigenvalue weighted by molar-refractivity contribution is 0.324. The van der Waals surface area contributed by atoms with Crippen LogP contribution in [0.2, 0.25) is 0 Å². The minimum atomic E-state index is 0. The Labute approximate surface area is 115 Å². The summed E-state index contributed by atoms with van der Waals surface area (Å²) in [6.45, 7) is 7.85. The van der Waals surface area contributed by atoms with Crippen molar-refractivity contribution in [2.45, 2.75) is 18.7 Å². The minimum absolute atomic E-state index is 0. The van der Waals surface area contributed by atoms with Crippen LogP contribution in [0.1, 0.15) is 13.8 Å². The second kappa shape index (κ2) is 9.63. The molecule has 1 aromatic rings.